The minimum Gasteiger partial charge on any atom is -0.421 e. The van der Waals surface area contributed by atoms with Gasteiger partial charge in [-0.05, 0) is 36.8 Å². The van der Waals surface area contributed by atoms with Crippen molar-refractivity contribution < 1.29 is 9.21 Å². The average Bonchev–Trinajstić information content (AvgIpc) is 3.22. The zero-order chi connectivity index (χ0) is 20.2. The number of thioether (sulfide) groups is 1. The van der Waals surface area contributed by atoms with Crippen molar-refractivity contribution in [1.82, 2.24) is 15.1 Å². The Hall–Kier alpha value is -2.31. The summed E-state index contributed by atoms with van der Waals surface area (Å²) in [6, 6.07) is 15.8. The van der Waals surface area contributed by atoms with E-state index in [4.69, 9.17) is 16.0 Å². The number of aryl methyl sites for hydroxylation is 2. The highest BCUT2D eigenvalue weighted by molar-refractivity contribution is 7.99. The summed E-state index contributed by atoms with van der Waals surface area (Å²) >= 11 is 7.88. The molecule has 1 aliphatic heterocycles. The summed E-state index contributed by atoms with van der Waals surface area (Å²) in [5.74, 6) is 2.93. The second-order valence-electron chi connectivity index (χ2n) is 7.10. The van der Waals surface area contributed by atoms with Crippen LogP contribution in [0.25, 0.3) is 11.5 Å². The van der Waals surface area contributed by atoms with E-state index in [1.54, 1.807) is 0 Å². The molecule has 0 aliphatic carbocycles. The molecule has 2 heterocycles. The van der Waals surface area contributed by atoms with Gasteiger partial charge in [0.1, 0.15) is 0 Å². The molecule has 3 aromatic rings. The summed E-state index contributed by atoms with van der Waals surface area (Å²) in [5, 5.41) is 8.94. The van der Waals surface area contributed by atoms with E-state index >= 15 is 0 Å². The largest absolute Gasteiger partial charge is 0.421 e. The van der Waals surface area contributed by atoms with Crippen LogP contribution in [0.1, 0.15) is 29.5 Å². The van der Waals surface area contributed by atoms with Crippen molar-refractivity contribution in [2.24, 2.45) is 0 Å². The molecule has 0 bridgehead atoms. The maximum absolute atomic E-state index is 12.9. The molecule has 1 fully saturated rings. The van der Waals surface area contributed by atoms with Gasteiger partial charge in [-0.25, -0.2) is 0 Å². The van der Waals surface area contributed by atoms with E-state index in [-0.39, 0.29) is 11.9 Å². The summed E-state index contributed by atoms with van der Waals surface area (Å²) in [6.45, 7) is 2.78. The fourth-order valence-corrected chi connectivity index (χ4v) is 4.60. The van der Waals surface area contributed by atoms with Crippen molar-refractivity contribution in [2.45, 2.75) is 25.8 Å². The lowest BCUT2D eigenvalue weighted by atomic mass is 10.1. The van der Waals surface area contributed by atoms with Gasteiger partial charge in [-0.3, -0.25) is 4.79 Å². The lowest BCUT2D eigenvalue weighted by Gasteiger charge is -2.36. The molecule has 2 aromatic carbocycles. The van der Waals surface area contributed by atoms with E-state index in [2.05, 4.69) is 10.2 Å². The number of aromatic nitrogens is 2. The number of halogens is 1. The average molecular weight is 428 g/mol. The Labute approximate surface area is 179 Å². The SMILES string of the molecule is Cc1ccc(-c2nnc(CCC(=O)N3CCSCC3c3ccc(Cl)cc3)o2)cc1. The number of benzene rings is 2. The second-order valence-corrected chi connectivity index (χ2v) is 8.68. The predicted molar refractivity (Wildman–Crippen MR) is 116 cm³/mol. The van der Waals surface area contributed by atoms with Crippen LogP contribution < -0.4 is 0 Å². The Kier molecular flexibility index (Phi) is 6.21. The van der Waals surface area contributed by atoms with Crippen LogP contribution in [0.15, 0.2) is 52.9 Å². The van der Waals surface area contributed by atoms with E-state index in [0.717, 1.165) is 29.2 Å². The van der Waals surface area contributed by atoms with E-state index in [1.807, 2.05) is 72.1 Å². The molecule has 0 spiro atoms. The van der Waals surface area contributed by atoms with Crippen LogP contribution in [0, 0.1) is 6.92 Å². The number of nitrogens with zero attached hydrogens (tertiary/aromatic N) is 3. The summed E-state index contributed by atoms with van der Waals surface area (Å²) in [4.78, 5) is 14.9. The Balaban J connectivity index is 1.40. The molecule has 4 rings (SSSR count). The first-order chi connectivity index (χ1) is 14.1. The third kappa shape index (κ3) is 4.82. The highest BCUT2D eigenvalue weighted by Gasteiger charge is 2.28. The third-order valence-electron chi connectivity index (χ3n) is 5.02. The van der Waals surface area contributed by atoms with Crippen LogP contribution in [-0.2, 0) is 11.2 Å². The zero-order valence-electron chi connectivity index (χ0n) is 16.2. The van der Waals surface area contributed by atoms with Gasteiger partial charge >= 0.3 is 0 Å². The third-order valence-corrected chi connectivity index (χ3v) is 6.30. The minimum atomic E-state index is 0.0734. The van der Waals surface area contributed by atoms with Crippen LogP contribution in [0.2, 0.25) is 5.02 Å². The molecular formula is C22H22ClN3O2S. The first-order valence-electron chi connectivity index (χ1n) is 9.62. The molecule has 1 saturated heterocycles. The molecule has 1 atom stereocenters. The molecule has 150 valence electrons. The van der Waals surface area contributed by atoms with Gasteiger partial charge in [0.2, 0.25) is 17.7 Å². The molecule has 29 heavy (non-hydrogen) atoms. The number of hydrogen-bond acceptors (Lipinski definition) is 5. The van der Waals surface area contributed by atoms with Crippen molar-refractivity contribution in [1.29, 1.82) is 0 Å². The fraction of sp³-hybridized carbons (Fsp3) is 0.318. The van der Waals surface area contributed by atoms with Gasteiger partial charge in [0.05, 0.1) is 6.04 Å². The highest BCUT2D eigenvalue weighted by atomic mass is 35.5. The number of hydrogen-bond donors (Lipinski definition) is 0. The minimum absolute atomic E-state index is 0.0734. The molecule has 1 amide bonds. The summed E-state index contributed by atoms with van der Waals surface area (Å²) in [5.41, 5.74) is 3.18. The predicted octanol–water partition coefficient (Wildman–Crippen LogP) is 4.95. The maximum atomic E-state index is 12.9. The first kappa shape index (κ1) is 20.0. The van der Waals surface area contributed by atoms with E-state index in [1.165, 1.54) is 5.56 Å². The monoisotopic (exact) mass is 427 g/mol. The Morgan fingerprint density at radius 2 is 1.93 bits per heavy atom. The summed E-state index contributed by atoms with van der Waals surface area (Å²) < 4.78 is 5.76. The number of rotatable bonds is 5. The Morgan fingerprint density at radius 1 is 1.17 bits per heavy atom. The van der Waals surface area contributed by atoms with Crippen molar-refractivity contribution in [3.63, 3.8) is 0 Å². The van der Waals surface area contributed by atoms with Gasteiger partial charge < -0.3 is 9.32 Å². The smallest absolute Gasteiger partial charge is 0.247 e. The Bertz CT molecular complexity index is 972. The topological polar surface area (TPSA) is 59.2 Å². The van der Waals surface area contributed by atoms with Crippen LogP contribution in [0.5, 0.6) is 0 Å². The van der Waals surface area contributed by atoms with Crippen molar-refractivity contribution in [3.05, 3.63) is 70.6 Å². The van der Waals surface area contributed by atoms with Gasteiger partial charge in [0.15, 0.2) is 0 Å². The standard InChI is InChI=1S/C22H22ClN3O2S/c1-15-2-4-17(5-3-15)22-25-24-20(28-22)10-11-21(27)26-12-13-29-14-19(26)16-6-8-18(23)9-7-16/h2-9,19H,10-14H2,1H3. The molecule has 1 aliphatic rings. The maximum Gasteiger partial charge on any atom is 0.247 e. The van der Waals surface area contributed by atoms with E-state index in [0.29, 0.717) is 29.6 Å². The molecule has 7 heteroatoms. The molecular weight excluding hydrogens is 406 g/mol. The van der Waals surface area contributed by atoms with Gasteiger partial charge in [-0.2, -0.15) is 11.8 Å². The molecule has 1 aromatic heterocycles. The molecule has 0 saturated carbocycles. The van der Waals surface area contributed by atoms with Crippen LogP contribution in [0.3, 0.4) is 0 Å². The number of amides is 1. The van der Waals surface area contributed by atoms with Crippen LogP contribution in [-0.4, -0.2) is 39.1 Å². The van der Waals surface area contributed by atoms with Crippen LogP contribution in [0.4, 0.5) is 0 Å². The number of carbonyl (C=O) groups excluding carboxylic acids is 1. The molecule has 0 N–H and O–H groups in total. The fourth-order valence-electron chi connectivity index (χ4n) is 3.39. The van der Waals surface area contributed by atoms with Gasteiger partial charge in [-0.1, -0.05) is 41.4 Å². The molecule has 1 unspecified atom stereocenters. The lowest BCUT2D eigenvalue weighted by Crippen LogP contribution is -2.40. The van der Waals surface area contributed by atoms with Gasteiger partial charge in [0.25, 0.3) is 0 Å². The van der Waals surface area contributed by atoms with E-state index in [9.17, 15) is 4.79 Å². The number of carbonyl (C=O) groups is 1. The quantitative estimate of drug-likeness (QED) is 0.576. The van der Waals surface area contributed by atoms with Crippen molar-refractivity contribution in [3.8, 4) is 11.5 Å². The lowest BCUT2D eigenvalue weighted by molar-refractivity contribution is -0.133. The van der Waals surface area contributed by atoms with Crippen LogP contribution >= 0.6 is 23.4 Å². The zero-order valence-corrected chi connectivity index (χ0v) is 17.7. The second kappa shape index (κ2) is 9.01. The highest BCUT2D eigenvalue weighted by Crippen LogP contribution is 2.31. The normalized spacial score (nSPS) is 16.8. The first-order valence-corrected chi connectivity index (χ1v) is 11.2. The Morgan fingerprint density at radius 3 is 2.69 bits per heavy atom. The summed E-state index contributed by atoms with van der Waals surface area (Å²) in [7, 11) is 0. The van der Waals surface area contributed by atoms with E-state index < -0.39 is 0 Å². The van der Waals surface area contributed by atoms with Crippen molar-refractivity contribution in [2.75, 3.05) is 18.1 Å². The van der Waals surface area contributed by atoms with Crippen molar-refractivity contribution >= 4 is 29.3 Å². The molecule has 5 nitrogen and oxygen atoms in total. The van der Waals surface area contributed by atoms with Gasteiger partial charge in [0, 0.05) is 41.5 Å². The van der Waals surface area contributed by atoms with Gasteiger partial charge in [-0.15, -0.1) is 10.2 Å². The summed E-state index contributed by atoms with van der Waals surface area (Å²) in [6.07, 6.45) is 0.791. The molecule has 0 radical (unpaired) electrons.